The molecule has 2 aromatic rings. The maximum Gasteiger partial charge on any atom is 0.418 e. The van der Waals surface area contributed by atoms with Crippen LogP contribution in [0.5, 0.6) is 0 Å². The van der Waals surface area contributed by atoms with Gasteiger partial charge >= 0.3 is 6.09 Å². The van der Waals surface area contributed by atoms with Crippen LogP contribution >= 0.6 is 0 Å². The van der Waals surface area contributed by atoms with E-state index in [0.29, 0.717) is 0 Å². The predicted molar refractivity (Wildman–Crippen MR) is 79.7 cm³/mol. The van der Waals surface area contributed by atoms with Crippen molar-refractivity contribution in [3.8, 4) is 0 Å². The van der Waals surface area contributed by atoms with E-state index in [1.54, 1.807) is 12.3 Å². The number of aromatic nitrogens is 1. The third-order valence-electron chi connectivity index (χ3n) is 2.76. The average molecular weight is 273 g/mol. The molecule has 20 heavy (non-hydrogen) atoms. The Morgan fingerprint density at radius 2 is 2.10 bits per heavy atom. The van der Waals surface area contributed by atoms with Gasteiger partial charge in [0.2, 0.25) is 0 Å². The maximum atomic E-state index is 12.1. The number of carbonyl (C=O) groups is 1. The number of nitrogens with zero attached hydrogens (tertiary/aromatic N) is 1. The minimum absolute atomic E-state index is 0.0108. The van der Waals surface area contributed by atoms with Crippen molar-refractivity contribution in [1.82, 2.24) is 4.57 Å². The van der Waals surface area contributed by atoms with Crippen molar-refractivity contribution in [2.75, 3.05) is 6.61 Å². The number of hydrogen-bond donors (Lipinski definition) is 1. The first kappa shape index (κ1) is 14.3. The largest absolute Gasteiger partial charge is 0.443 e. The molecule has 0 unspecified atom stereocenters. The van der Waals surface area contributed by atoms with Crippen LogP contribution in [0.1, 0.15) is 26.3 Å². The lowest BCUT2D eigenvalue weighted by molar-refractivity contribution is 0.0544. The van der Waals surface area contributed by atoms with Crippen molar-refractivity contribution in [2.45, 2.75) is 26.4 Å². The van der Waals surface area contributed by atoms with Gasteiger partial charge in [-0.15, -0.1) is 0 Å². The summed E-state index contributed by atoms with van der Waals surface area (Å²) in [6.45, 7) is 5.51. The number of carbonyl (C=O) groups excluding carboxylic acids is 1. The molecule has 1 aromatic heterocycles. The van der Waals surface area contributed by atoms with Gasteiger partial charge in [-0.2, -0.15) is 0 Å². The fourth-order valence-electron chi connectivity index (χ4n) is 1.99. The molecular weight excluding hydrogens is 254 g/mol. The highest BCUT2D eigenvalue weighted by atomic mass is 16.6. The van der Waals surface area contributed by atoms with Gasteiger partial charge in [-0.05, 0) is 38.5 Å². The molecule has 4 nitrogen and oxygen atoms in total. The van der Waals surface area contributed by atoms with Gasteiger partial charge in [-0.25, -0.2) is 4.79 Å². The Hall–Kier alpha value is -2.07. The number of benzene rings is 1. The van der Waals surface area contributed by atoms with Crippen molar-refractivity contribution >= 4 is 23.1 Å². The minimum atomic E-state index is -0.526. The molecule has 0 aliphatic rings. The van der Waals surface area contributed by atoms with Crippen LogP contribution in [0.15, 0.2) is 36.5 Å². The van der Waals surface area contributed by atoms with Gasteiger partial charge in [0, 0.05) is 11.6 Å². The summed E-state index contributed by atoms with van der Waals surface area (Å²) in [6.07, 6.45) is 4.81. The summed E-state index contributed by atoms with van der Waals surface area (Å²) in [5.74, 6) is 0. The first-order chi connectivity index (χ1) is 9.42. The predicted octanol–water partition coefficient (Wildman–Crippen LogP) is 3.43. The van der Waals surface area contributed by atoms with Crippen molar-refractivity contribution < 1.29 is 14.6 Å². The number of fused-ring (bicyclic) bond motifs is 1. The third kappa shape index (κ3) is 3.08. The molecule has 0 amide bonds. The average Bonchev–Trinajstić information content (AvgIpc) is 2.78. The Kier molecular flexibility index (Phi) is 3.95. The third-order valence-corrected chi connectivity index (χ3v) is 2.76. The number of aliphatic hydroxyl groups excluding tert-OH is 1. The number of aliphatic hydroxyl groups is 1. The van der Waals surface area contributed by atoms with E-state index in [0.717, 1.165) is 16.5 Å². The summed E-state index contributed by atoms with van der Waals surface area (Å²) in [6, 6.07) is 7.56. The molecule has 1 N–H and O–H groups in total. The van der Waals surface area contributed by atoms with E-state index in [-0.39, 0.29) is 6.61 Å². The Labute approximate surface area is 118 Å². The smallest absolute Gasteiger partial charge is 0.418 e. The van der Waals surface area contributed by atoms with Gasteiger partial charge in [-0.1, -0.05) is 24.3 Å². The molecule has 1 heterocycles. The molecule has 1 aromatic carbocycles. The lowest BCUT2D eigenvalue weighted by Crippen LogP contribution is -2.26. The second-order valence-corrected chi connectivity index (χ2v) is 5.53. The zero-order chi connectivity index (χ0) is 14.8. The molecule has 0 atom stereocenters. The summed E-state index contributed by atoms with van der Waals surface area (Å²) in [4.78, 5) is 12.1. The zero-order valence-electron chi connectivity index (χ0n) is 12.0. The lowest BCUT2D eigenvalue weighted by atomic mass is 10.1. The van der Waals surface area contributed by atoms with E-state index in [1.165, 1.54) is 4.57 Å². The SMILES string of the molecule is CC(C)(C)OC(=O)n1ccc2c(/C=C/CO)cccc21. The van der Waals surface area contributed by atoms with Gasteiger partial charge in [-0.3, -0.25) is 4.57 Å². The second kappa shape index (κ2) is 5.51. The fourth-order valence-corrected chi connectivity index (χ4v) is 1.99. The van der Waals surface area contributed by atoms with Gasteiger partial charge in [0.25, 0.3) is 0 Å². The van der Waals surface area contributed by atoms with Crippen molar-refractivity contribution in [1.29, 1.82) is 0 Å². The van der Waals surface area contributed by atoms with Crippen molar-refractivity contribution in [3.63, 3.8) is 0 Å². The Morgan fingerprint density at radius 3 is 2.75 bits per heavy atom. The standard InChI is InChI=1S/C16H19NO3/c1-16(2,3)20-15(19)17-10-9-13-12(7-5-11-18)6-4-8-14(13)17/h4-10,18H,11H2,1-3H3/b7-5+. The molecule has 0 radical (unpaired) electrons. The molecular formula is C16H19NO3. The summed E-state index contributed by atoms with van der Waals surface area (Å²) >= 11 is 0. The highest BCUT2D eigenvalue weighted by Crippen LogP contribution is 2.22. The van der Waals surface area contributed by atoms with Gasteiger partial charge in [0.15, 0.2) is 0 Å². The molecule has 0 aliphatic carbocycles. The molecule has 0 bridgehead atoms. The first-order valence-electron chi connectivity index (χ1n) is 6.53. The Morgan fingerprint density at radius 1 is 1.35 bits per heavy atom. The summed E-state index contributed by atoms with van der Waals surface area (Å²) < 4.78 is 6.87. The van der Waals surface area contributed by atoms with Gasteiger partial charge < -0.3 is 9.84 Å². The minimum Gasteiger partial charge on any atom is -0.443 e. The van der Waals surface area contributed by atoms with Gasteiger partial charge in [0.1, 0.15) is 5.60 Å². The van der Waals surface area contributed by atoms with Crippen LogP contribution in [0.3, 0.4) is 0 Å². The topological polar surface area (TPSA) is 51.5 Å². The summed E-state index contributed by atoms with van der Waals surface area (Å²) in [5, 5.41) is 9.80. The van der Waals surface area contributed by atoms with Crippen LogP contribution in [0.2, 0.25) is 0 Å². The van der Waals surface area contributed by atoms with Gasteiger partial charge in [0.05, 0.1) is 12.1 Å². The fraction of sp³-hybridized carbons (Fsp3) is 0.312. The maximum absolute atomic E-state index is 12.1. The Balaban J connectivity index is 2.42. The van der Waals surface area contributed by atoms with Crippen LogP contribution in [-0.2, 0) is 4.74 Å². The van der Waals surface area contributed by atoms with E-state index >= 15 is 0 Å². The van der Waals surface area contributed by atoms with Crippen molar-refractivity contribution in [3.05, 3.63) is 42.1 Å². The molecule has 2 rings (SSSR count). The van der Waals surface area contributed by atoms with E-state index in [4.69, 9.17) is 9.84 Å². The highest BCUT2D eigenvalue weighted by Gasteiger charge is 2.19. The first-order valence-corrected chi connectivity index (χ1v) is 6.53. The molecule has 106 valence electrons. The normalized spacial score (nSPS) is 12.2. The van der Waals surface area contributed by atoms with E-state index in [2.05, 4.69) is 0 Å². The number of ether oxygens (including phenoxy) is 1. The molecule has 0 aliphatic heterocycles. The highest BCUT2D eigenvalue weighted by molar-refractivity contribution is 5.94. The monoisotopic (exact) mass is 273 g/mol. The Bertz CT molecular complexity index is 647. The molecule has 0 spiro atoms. The van der Waals surface area contributed by atoms with Crippen LogP contribution in [0, 0.1) is 0 Å². The molecule has 4 heteroatoms. The summed E-state index contributed by atoms with van der Waals surface area (Å²) in [5.41, 5.74) is 1.22. The van der Waals surface area contributed by atoms with E-state index in [9.17, 15) is 4.79 Å². The molecule has 0 saturated carbocycles. The van der Waals surface area contributed by atoms with Crippen LogP contribution in [0.4, 0.5) is 4.79 Å². The number of rotatable bonds is 2. The van der Waals surface area contributed by atoms with Crippen LogP contribution in [-0.4, -0.2) is 28.0 Å². The van der Waals surface area contributed by atoms with Crippen molar-refractivity contribution in [2.24, 2.45) is 0 Å². The quantitative estimate of drug-likeness (QED) is 0.912. The lowest BCUT2D eigenvalue weighted by Gasteiger charge is -2.19. The van der Waals surface area contributed by atoms with Crippen LogP contribution < -0.4 is 0 Å². The van der Waals surface area contributed by atoms with E-state index < -0.39 is 11.7 Å². The zero-order valence-corrected chi connectivity index (χ0v) is 12.0. The summed E-state index contributed by atoms with van der Waals surface area (Å²) in [7, 11) is 0. The van der Waals surface area contributed by atoms with Crippen LogP contribution in [0.25, 0.3) is 17.0 Å². The molecule has 0 fully saturated rings. The van der Waals surface area contributed by atoms with E-state index in [1.807, 2.05) is 51.1 Å². The number of hydrogen-bond acceptors (Lipinski definition) is 3. The second-order valence-electron chi connectivity index (χ2n) is 5.53. The molecule has 0 saturated heterocycles.